The van der Waals surface area contributed by atoms with Gasteiger partial charge in [-0.3, -0.25) is 0 Å². The predicted octanol–water partition coefficient (Wildman–Crippen LogP) is 4.84. The summed E-state index contributed by atoms with van der Waals surface area (Å²) in [6.07, 6.45) is 4.13. The van der Waals surface area contributed by atoms with Crippen LogP contribution in [0.15, 0.2) is 36.3 Å². The number of fused-ring (bicyclic) bond motifs is 1. The summed E-state index contributed by atoms with van der Waals surface area (Å²) in [4.78, 5) is 0. The number of rotatable bonds is 6. The third-order valence-corrected chi connectivity index (χ3v) is 8.95. The topological polar surface area (TPSA) is 27.7 Å². The van der Waals surface area contributed by atoms with Crippen LogP contribution in [0, 0.1) is 0 Å². The average molecular weight is 318 g/mol. The first-order chi connectivity index (χ1) is 10.3. The molecule has 1 aromatic carbocycles. The zero-order valence-corrected chi connectivity index (χ0v) is 15.4. The van der Waals surface area contributed by atoms with E-state index in [0.29, 0.717) is 0 Å². The molecule has 0 aliphatic carbocycles. The molecule has 0 saturated carbocycles. The number of para-hydroxylation sites is 2. The van der Waals surface area contributed by atoms with Crippen molar-refractivity contribution in [2.75, 3.05) is 6.61 Å². The van der Waals surface area contributed by atoms with Gasteiger partial charge >= 0.3 is 7.12 Å². The monoisotopic (exact) mass is 318 g/mol. The van der Waals surface area contributed by atoms with Gasteiger partial charge in [0.15, 0.2) is 8.32 Å². The lowest BCUT2D eigenvalue weighted by molar-refractivity contribution is 0.283. The molecule has 0 N–H and O–H groups in total. The minimum Gasteiger partial charge on any atom is -0.520 e. The van der Waals surface area contributed by atoms with E-state index in [4.69, 9.17) is 13.7 Å². The van der Waals surface area contributed by atoms with Crippen LogP contribution in [0.3, 0.4) is 0 Å². The second-order valence-electron chi connectivity index (χ2n) is 7.23. The fourth-order valence-electron chi connectivity index (χ4n) is 1.95. The largest absolute Gasteiger partial charge is 0.624 e. The van der Waals surface area contributed by atoms with Crippen molar-refractivity contribution in [2.24, 2.45) is 0 Å². The summed E-state index contributed by atoms with van der Waals surface area (Å²) >= 11 is 0. The van der Waals surface area contributed by atoms with Gasteiger partial charge < -0.3 is 13.7 Å². The highest BCUT2D eigenvalue weighted by molar-refractivity contribution is 6.74. The van der Waals surface area contributed by atoms with Crippen LogP contribution >= 0.6 is 0 Å². The quantitative estimate of drug-likeness (QED) is 0.555. The van der Waals surface area contributed by atoms with E-state index >= 15 is 0 Å². The molecular formula is C17H27BO3Si. The van der Waals surface area contributed by atoms with Crippen molar-refractivity contribution in [2.45, 2.75) is 51.7 Å². The van der Waals surface area contributed by atoms with Crippen LogP contribution in [-0.2, 0) is 4.43 Å². The standard InChI is InChI=1S/C17H27BO3Si/c1-17(2,3)22(4,5)19-14-10-6-9-13-18-20-15-11-7-8-12-16(15)21-18/h7-9,11-13H,6,10,14H2,1-5H3/b13-9-. The van der Waals surface area contributed by atoms with Gasteiger partial charge in [0.2, 0.25) is 0 Å². The maximum Gasteiger partial charge on any atom is 0.624 e. The van der Waals surface area contributed by atoms with Crippen molar-refractivity contribution in [3.8, 4) is 11.5 Å². The molecule has 0 aromatic heterocycles. The number of allylic oxidation sites excluding steroid dienone is 1. The highest BCUT2D eigenvalue weighted by Crippen LogP contribution is 2.36. The molecule has 5 heteroatoms. The molecule has 0 bridgehead atoms. The summed E-state index contributed by atoms with van der Waals surface area (Å²) in [6.45, 7) is 12.2. The highest BCUT2D eigenvalue weighted by atomic mass is 28.4. The van der Waals surface area contributed by atoms with Crippen LogP contribution in [0.5, 0.6) is 11.5 Å². The first kappa shape index (κ1) is 17.2. The van der Waals surface area contributed by atoms with Crippen LogP contribution in [0.4, 0.5) is 0 Å². The van der Waals surface area contributed by atoms with E-state index in [2.05, 4.69) is 39.9 Å². The molecule has 1 aliphatic rings. The Hall–Kier alpha value is -1.20. The molecule has 120 valence electrons. The Balaban J connectivity index is 1.66. The van der Waals surface area contributed by atoms with E-state index in [0.717, 1.165) is 30.9 Å². The van der Waals surface area contributed by atoms with E-state index < -0.39 is 8.32 Å². The van der Waals surface area contributed by atoms with Crippen molar-refractivity contribution in [3.63, 3.8) is 0 Å². The van der Waals surface area contributed by atoms with Gasteiger partial charge in [0.05, 0.1) is 0 Å². The van der Waals surface area contributed by atoms with Crippen LogP contribution in [-0.4, -0.2) is 22.0 Å². The Morgan fingerprint density at radius 3 is 2.27 bits per heavy atom. The van der Waals surface area contributed by atoms with Gasteiger partial charge in [-0.2, -0.15) is 0 Å². The molecule has 0 spiro atoms. The Morgan fingerprint density at radius 1 is 1.14 bits per heavy atom. The predicted molar refractivity (Wildman–Crippen MR) is 95.0 cm³/mol. The van der Waals surface area contributed by atoms with Gasteiger partial charge in [-0.15, -0.1) is 0 Å². The molecule has 2 rings (SSSR count). The Labute approximate surface area is 135 Å². The first-order valence-corrected chi connectivity index (χ1v) is 10.9. The minimum absolute atomic E-state index is 0.278. The van der Waals surface area contributed by atoms with Gasteiger partial charge in [0, 0.05) is 6.61 Å². The third kappa shape index (κ3) is 4.40. The van der Waals surface area contributed by atoms with Crippen molar-refractivity contribution < 1.29 is 13.7 Å². The molecule has 0 amide bonds. The molecule has 1 heterocycles. The fraction of sp³-hybridized carbons (Fsp3) is 0.529. The zero-order valence-electron chi connectivity index (χ0n) is 14.4. The van der Waals surface area contributed by atoms with E-state index in [9.17, 15) is 0 Å². The Bertz CT molecular complexity index is 498. The second-order valence-corrected chi connectivity index (χ2v) is 12.0. The lowest BCUT2D eigenvalue weighted by Crippen LogP contribution is -2.40. The smallest absolute Gasteiger partial charge is 0.520 e. The van der Waals surface area contributed by atoms with Crippen LogP contribution in [0.1, 0.15) is 33.6 Å². The van der Waals surface area contributed by atoms with Crippen molar-refractivity contribution in [3.05, 3.63) is 36.3 Å². The molecule has 1 aromatic rings. The van der Waals surface area contributed by atoms with E-state index in [1.807, 2.05) is 30.2 Å². The highest BCUT2D eigenvalue weighted by Gasteiger charge is 2.36. The summed E-state index contributed by atoms with van der Waals surface area (Å²) in [5.41, 5.74) is 0. The summed E-state index contributed by atoms with van der Waals surface area (Å²) in [5.74, 6) is 3.61. The zero-order chi connectivity index (χ0) is 16.2. The number of benzene rings is 1. The van der Waals surface area contributed by atoms with Crippen LogP contribution in [0.25, 0.3) is 0 Å². The molecule has 0 radical (unpaired) electrons. The van der Waals surface area contributed by atoms with Gasteiger partial charge in [-0.1, -0.05) is 39.0 Å². The van der Waals surface area contributed by atoms with E-state index in [1.165, 1.54) is 0 Å². The SMILES string of the molecule is CC(C)(C)[Si](C)(C)OCCC/C=C\B1Oc2ccccc2O1. The average Bonchev–Trinajstić information content (AvgIpc) is 2.84. The lowest BCUT2D eigenvalue weighted by atomic mass is 9.90. The molecule has 0 atom stereocenters. The Kier molecular flexibility index (Phi) is 5.40. The van der Waals surface area contributed by atoms with Gasteiger partial charge in [-0.05, 0) is 49.1 Å². The number of hydrogen-bond acceptors (Lipinski definition) is 3. The van der Waals surface area contributed by atoms with E-state index in [1.54, 1.807) is 0 Å². The molecule has 22 heavy (non-hydrogen) atoms. The Morgan fingerprint density at radius 2 is 1.73 bits per heavy atom. The summed E-state index contributed by atoms with van der Waals surface area (Å²) in [5, 5.41) is 0.278. The van der Waals surface area contributed by atoms with Crippen LogP contribution in [0.2, 0.25) is 18.1 Å². The first-order valence-electron chi connectivity index (χ1n) is 8.02. The normalized spacial score (nSPS) is 14.9. The summed E-state index contributed by atoms with van der Waals surface area (Å²) < 4.78 is 17.5. The van der Waals surface area contributed by atoms with E-state index in [-0.39, 0.29) is 12.2 Å². The van der Waals surface area contributed by atoms with Crippen molar-refractivity contribution in [1.82, 2.24) is 0 Å². The lowest BCUT2D eigenvalue weighted by Gasteiger charge is -2.36. The molecule has 0 fully saturated rings. The molecule has 0 saturated heterocycles. The second kappa shape index (κ2) is 6.92. The number of unbranched alkanes of at least 4 members (excludes halogenated alkanes) is 1. The van der Waals surface area contributed by atoms with Gasteiger partial charge in [-0.25, -0.2) is 0 Å². The van der Waals surface area contributed by atoms with Crippen molar-refractivity contribution >= 4 is 15.4 Å². The summed E-state index contributed by atoms with van der Waals surface area (Å²) in [7, 11) is -1.90. The fourth-order valence-corrected chi connectivity index (χ4v) is 3.04. The summed E-state index contributed by atoms with van der Waals surface area (Å²) in [6, 6.07) is 7.76. The van der Waals surface area contributed by atoms with Gasteiger partial charge in [0.1, 0.15) is 11.5 Å². The van der Waals surface area contributed by atoms with Crippen LogP contribution < -0.4 is 9.31 Å². The molecule has 3 nitrogen and oxygen atoms in total. The molecule has 1 aliphatic heterocycles. The molecule has 0 unspecified atom stereocenters. The van der Waals surface area contributed by atoms with Gasteiger partial charge in [0.25, 0.3) is 0 Å². The number of hydrogen-bond donors (Lipinski definition) is 0. The minimum atomic E-state index is -1.61. The van der Waals surface area contributed by atoms with Crippen molar-refractivity contribution in [1.29, 1.82) is 0 Å². The third-order valence-electron chi connectivity index (χ3n) is 4.41. The maximum atomic E-state index is 6.16. The maximum absolute atomic E-state index is 6.16. The molecular weight excluding hydrogens is 291 g/mol.